The molecule has 1 saturated heterocycles. The Morgan fingerprint density at radius 3 is 2.67 bits per heavy atom. The molecule has 3 N–H and O–H groups in total. The first-order valence-electron chi connectivity index (χ1n) is 6.09. The van der Waals surface area contributed by atoms with E-state index in [0.717, 1.165) is 29.5 Å². The standard InChI is InChI=1S/C14H15N3O/c18-14(16-11-8-15-9-11)17-13-7-3-5-10-4-1-2-6-12(10)13/h1-7,11,15H,8-9H2,(H2,16,17,18). The minimum Gasteiger partial charge on any atom is -0.333 e. The van der Waals surface area contributed by atoms with Crippen molar-refractivity contribution >= 4 is 22.5 Å². The first-order chi connectivity index (χ1) is 8.83. The summed E-state index contributed by atoms with van der Waals surface area (Å²) >= 11 is 0. The van der Waals surface area contributed by atoms with Crippen LogP contribution < -0.4 is 16.0 Å². The Balaban J connectivity index is 1.79. The summed E-state index contributed by atoms with van der Waals surface area (Å²) in [4.78, 5) is 11.8. The molecule has 0 spiro atoms. The van der Waals surface area contributed by atoms with Crippen molar-refractivity contribution < 1.29 is 4.79 Å². The van der Waals surface area contributed by atoms with Crippen LogP contribution in [0.5, 0.6) is 0 Å². The second kappa shape index (κ2) is 4.66. The van der Waals surface area contributed by atoms with Gasteiger partial charge in [-0.25, -0.2) is 4.79 Å². The highest BCUT2D eigenvalue weighted by Crippen LogP contribution is 2.22. The Morgan fingerprint density at radius 1 is 1.11 bits per heavy atom. The first kappa shape index (κ1) is 11.0. The minimum absolute atomic E-state index is 0.141. The maximum Gasteiger partial charge on any atom is 0.319 e. The van der Waals surface area contributed by atoms with Crippen molar-refractivity contribution in [3.05, 3.63) is 42.5 Å². The molecule has 0 bridgehead atoms. The highest BCUT2D eigenvalue weighted by Gasteiger charge is 2.18. The van der Waals surface area contributed by atoms with E-state index in [4.69, 9.17) is 0 Å². The third kappa shape index (κ3) is 2.15. The Morgan fingerprint density at radius 2 is 1.89 bits per heavy atom. The van der Waals surface area contributed by atoms with Crippen molar-refractivity contribution in [3.63, 3.8) is 0 Å². The molecule has 1 aliphatic rings. The molecule has 0 aromatic heterocycles. The Hall–Kier alpha value is -2.07. The Kier molecular flexibility index (Phi) is 2.86. The van der Waals surface area contributed by atoms with Gasteiger partial charge in [0.2, 0.25) is 0 Å². The molecule has 2 amide bonds. The summed E-state index contributed by atoms with van der Waals surface area (Å²) in [6.45, 7) is 1.70. The van der Waals surface area contributed by atoms with Gasteiger partial charge in [-0.05, 0) is 11.5 Å². The molecule has 4 nitrogen and oxygen atoms in total. The number of rotatable bonds is 2. The second-order valence-corrected chi connectivity index (χ2v) is 4.48. The molecular weight excluding hydrogens is 226 g/mol. The van der Waals surface area contributed by atoms with Gasteiger partial charge in [0, 0.05) is 18.5 Å². The van der Waals surface area contributed by atoms with Crippen molar-refractivity contribution in [2.24, 2.45) is 0 Å². The topological polar surface area (TPSA) is 53.2 Å². The van der Waals surface area contributed by atoms with Crippen molar-refractivity contribution in [1.82, 2.24) is 10.6 Å². The third-order valence-corrected chi connectivity index (χ3v) is 3.15. The lowest BCUT2D eigenvalue weighted by Crippen LogP contribution is -2.57. The summed E-state index contributed by atoms with van der Waals surface area (Å²) in [7, 11) is 0. The molecule has 3 rings (SSSR count). The number of carbonyl (C=O) groups excluding carboxylic acids is 1. The van der Waals surface area contributed by atoms with E-state index in [0.29, 0.717) is 0 Å². The lowest BCUT2D eigenvalue weighted by atomic mass is 10.1. The summed E-state index contributed by atoms with van der Waals surface area (Å²) in [5, 5.41) is 11.1. The smallest absolute Gasteiger partial charge is 0.319 e. The van der Waals surface area contributed by atoms with E-state index >= 15 is 0 Å². The van der Waals surface area contributed by atoms with Gasteiger partial charge in [-0.1, -0.05) is 36.4 Å². The maximum atomic E-state index is 11.8. The Labute approximate surface area is 105 Å². The molecule has 0 saturated carbocycles. The zero-order valence-corrected chi connectivity index (χ0v) is 9.94. The van der Waals surface area contributed by atoms with E-state index in [2.05, 4.69) is 16.0 Å². The molecular formula is C14H15N3O. The molecule has 1 heterocycles. The molecule has 0 aliphatic carbocycles. The van der Waals surface area contributed by atoms with Crippen LogP contribution in [0.4, 0.5) is 10.5 Å². The fourth-order valence-corrected chi connectivity index (χ4v) is 2.07. The average Bonchev–Trinajstić information content (AvgIpc) is 2.34. The van der Waals surface area contributed by atoms with E-state index in [1.807, 2.05) is 42.5 Å². The summed E-state index contributed by atoms with van der Waals surface area (Å²) < 4.78 is 0. The maximum absolute atomic E-state index is 11.8. The predicted molar refractivity (Wildman–Crippen MR) is 72.8 cm³/mol. The van der Waals surface area contributed by atoms with E-state index in [-0.39, 0.29) is 12.1 Å². The zero-order valence-electron chi connectivity index (χ0n) is 9.94. The average molecular weight is 241 g/mol. The molecule has 0 atom stereocenters. The molecule has 0 radical (unpaired) electrons. The van der Waals surface area contributed by atoms with Crippen molar-refractivity contribution in [1.29, 1.82) is 0 Å². The van der Waals surface area contributed by atoms with Crippen molar-refractivity contribution in [2.75, 3.05) is 18.4 Å². The van der Waals surface area contributed by atoms with E-state index in [1.165, 1.54) is 0 Å². The summed E-state index contributed by atoms with van der Waals surface area (Å²) in [5.41, 5.74) is 0.845. The van der Waals surface area contributed by atoms with Crippen LogP contribution in [0.15, 0.2) is 42.5 Å². The fraction of sp³-hybridized carbons (Fsp3) is 0.214. The van der Waals surface area contributed by atoms with Gasteiger partial charge in [0.1, 0.15) is 0 Å². The number of carbonyl (C=O) groups is 1. The summed E-state index contributed by atoms with van der Waals surface area (Å²) in [5.74, 6) is 0. The van der Waals surface area contributed by atoms with Gasteiger partial charge in [0.25, 0.3) is 0 Å². The third-order valence-electron chi connectivity index (χ3n) is 3.15. The molecule has 4 heteroatoms. The quantitative estimate of drug-likeness (QED) is 0.752. The highest BCUT2D eigenvalue weighted by molar-refractivity contribution is 6.01. The van der Waals surface area contributed by atoms with Gasteiger partial charge in [-0.15, -0.1) is 0 Å². The number of urea groups is 1. The van der Waals surface area contributed by atoms with Crippen LogP contribution in [0, 0.1) is 0 Å². The lowest BCUT2D eigenvalue weighted by Gasteiger charge is -2.28. The molecule has 2 aromatic carbocycles. The number of hydrogen-bond acceptors (Lipinski definition) is 2. The number of amides is 2. The molecule has 2 aromatic rings. The van der Waals surface area contributed by atoms with Gasteiger partial charge >= 0.3 is 6.03 Å². The number of fused-ring (bicyclic) bond motifs is 1. The van der Waals surface area contributed by atoms with E-state index in [1.54, 1.807) is 0 Å². The van der Waals surface area contributed by atoms with Crippen molar-refractivity contribution in [2.45, 2.75) is 6.04 Å². The monoisotopic (exact) mass is 241 g/mol. The highest BCUT2D eigenvalue weighted by atomic mass is 16.2. The van der Waals surface area contributed by atoms with Crippen LogP contribution in [0.25, 0.3) is 10.8 Å². The van der Waals surface area contributed by atoms with E-state index < -0.39 is 0 Å². The van der Waals surface area contributed by atoms with Gasteiger partial charge in [-0.2, -0.15) is 0 Å². The molecule has 92 valence electrons. The molecule has 0 unspecified atom stereocenters. The molecule has 18 heavy (non-hydrogen) atoms. The number of hydrogen-bond donors (Lipinski definition) is 3. The van der Waals surface area contributed by atoms with Crippen LogP contribution in [-0.4, -0.2) is 25.2 Å². The second-order valence-electron chi connectivity index (χ2n) is 4.48. The van der Waals surface area contributed by atoms with Crippen LogP contribution in [-0.2, 0) is 0 Å². The number of nitrogens with one attached hydrogen (secondary N) is 3. The van der Waals surface area contributed by atoms with Gasteiger partial charge in [0.05, 0.1) is 11.7 Å². The predicted octanol–water partition coefficient (Wildman–Crippen LogP) is 1.93. The summed E-state index contributed by atoms with van der Waals surface area (Å²) in [6.07, 6.45) is 0. The van der Waals surface area contributed by atoms with Crippen LogP contribution in [0.3, 0.4) is 0 Å². The van der Waals surface area contributed by atoms with Crippen LogP contribution >= 0.6 is 0 Å². The van der Waals surface area contributed by atoms with Crippen LogP contribution in [0.1, 0.15) is 0 Å². The first-order valence-corrected chi connectivity index (χ1v) is 6.09. The minimum atomic E-state index is -0.141. The lowest BCUT2D eigenvalue weighted by molar-refractivity contribution is 0.243. The van der Waals surface area contributed by atoms with E-state index in [9.17, 15) is 4.79 Å². The number of anilines is 1. The van der Waals surface area contributed by atoms with Gasteiger partial charge < -0.3 is 16.0 Å². The largest absolute Gasteiger partial charge is 0.333 e. The van der Waals surface area contributed by atoms with Gasteiger partial charge in [-0.3, -0.25) is 0 Å². The van der Waals surface area contributed by atoms with Crippen LogP contribution in [0.2, 0.25) is 0 Å². The SMILES string of the molecule is O=C(Nc1cccc2ccccc12)NC1CNC1. The zero-order chi connectivity index (χ0) is 12.4. The molecule has 1 fully saturated rings. The number of benzene rings is 2. The Bertz CT molecular complexity index is 573. The summed E-state index contributed by atoms with van der Waals surface area (Å²) in [6, 6.07) is 14.0. The van der Waals surface area contributed by atoms with Gasteiger partial charge in [0.15, 0.2) is 0 Å². The normalized spacial score (nSPS) is 15.1. The van der Waals surface area contributed by atoms with Crippen molar-refractivity contribution in [3.8, 4) is 0 Å². The molecule has 1 aliphatic heterocycles. The fourth-order valence-electron chi connectivity index (χ4n) is 2.07.